The first-order chi connectivity index (χ1) is 14.5. The predicted molar refractivity (Wildman–Crippen MR) is 117 cm³/mol. The lowest BCUT2D eigenvalue weighted by Crippen LogP contribution is -2.23. The molecule has 6 nitrogen and oxygen atoms in total. The third kappa shape index (κ3) is 4.17. The lowest BCUT2D eigenvalue weighted by atomic mass is 10.1. The minimum absolute atomic E-state index is 0.0928. The molecule has 0 saturated heterocycles. The maximum Gasteiger partial charge on any atom is 0.251 e. The number of nitrogens with zero attached hydrogens (tertiary/aromatic N) is 4. The quantitative estimate of drug-likeness (QED) is 0.533. The van der Waals surface area contributed by atoms with Crippen molar-refractivity contribution in [1.82, 2.24) is 24.6 Å². The number of rotatable bonds is 6. The molecular formula is C24H25N5O. The Hall–Kier alpha value is -3.67. The first-order valence-corrected chi connectivity index (χ1v) is 9.97. The molecule has 2 aromatic heterocycles. The standard InChI is InChI=1S/C24H25N5O/c1-17-14-18(2)29(27-17)16-20-8-10-21(11-9-20)24(30)26-15-22-6-4-5-7-23(22)28-13-12-25-19(28)3/h4-14H,15-16H2,1-3H3,(H,26,30). The summed E-state index contributed by atoms with van der Waals surface area (Å²) in [6.07, 6.45) is 3.70. The third-order valence-electron chi connectivity index (χ3n) is 5.17. The van der Waals surface area contributed by atoms with E-state index >= 15 is 0 Å². The summed E-state index contributed by atoms with van der Waals surface area (Å²) in [5.74, 6) is 0.816. The number of benzene rings is 2. The maximum absolute atomic E-state index is 12.7. The number of para-hydroxylation sites is 1. The molecule has 4 rings (SSSR count). The van der Waals surface area contributed by atoms with E-state index in [2.05, 4.69) is 21.5 Å². The molecule has 2 heterocycles. The second-order valence-electron chi connectivity index (χ2n) is 7.44. The van der Waals surface area contributed by atoms with Crippen molar-refractivity contribution in [1.29, 1.82) is 0 Å². The van der Waals surface area contributed by atoms with E-state index in [0.717, 1.165) is 34.0 Å². The first kappa shape index (κ1) is 19.6. The van der Waals surface area contributed by atoms with Gasteiger partial charge in [-0.1, -0.05) is 30.3 Å². The molecule has 152 valence electrons. The average Bonchev–Trinajstić information content (AvgIpc) is 3.31. The molecule has 0 unspecified atom stereocenters. The number of amides is 1. The van der Waals surface area contributed by atoms with Crippen molar-refractivity contribution >= 4 is 5.91 Å². The van der Waals surface area contributed by atoms with Crippen molar-refractivity contribution in [3.8, 4) is 5.69 Å². The van der Waals surface area contributed by atoms with E-state index in [1.54, 1.807) is 6.20 Å². The van der Waals surface area contributed by atoms with Crippen LogP contribution in [0.5, 0.6) is 0 Å². The highest BCUT2D eigenvalue weighted by atomic mass is 16.1. The second kappa shape index (κ2) is 8.37. The molecule has 0 atom stereocenters. The molecule has 6 heteroatoms. The van der Waals surface area contributed by atoms with Crippen molar-refractivity contribution in [3.05, 3.63) is 101 Å². The topological polar surface area (TPSA) is 64.7 Å². The Kier molecular flexibility index (Phi) is 5.48. The smallest absolute Gasteiger partial charge is 0.251 e. The van der Waals surface area contributed by atoms with Crippen LogP contribution in [0.25, 0.3) is 5.69 Å². The van der Waals surface area contributed by atoms with E-state index < -0.39 is 0 Å². The van der Waals surface area contributed by atoms with Crippen LogP contribution < -0.4 is 5.32 Å². The molecule has 4 aromatic rings. The number of hydrogen-bond acceptors (Lipinski definition) is 3. The minimum Gasteiger partial charge on any atom is -0.348 e. The highest BCUT2D eigenvalue weighted by molar-refractivity contribution is 5.94. The van der Waals surface area contributed by atoms with Crippen LogP contribution in [0.4, 0.5) is 0 Å². The fourth-order valence-electron chi connectivity index (χ4n) is 3.57. The number of aryl methyl sites for hydroxylation is 3. The minimum atomic E-state index is -0.0928. The molecular weight excluding hydrogens is 374 g/mol. The van der Waals surface area contributed by atoms with Gasteiger partial charge in [0.1, 0.15) is 5.82 Å². The molecule has 0 aliphatic heterocycles. The highest BCUT2D eigenvalue weighted by Gasteiger charge is 2.10. The second-order valence-corrected chi connectivity index (χ2v) is 7.44. The van der Waals surface area contributed by atoms with Gasteiger partial charge in [-0.15, -0.1) is 0 Å². The van der Waals surface area contributed by atoms with Crippen LogP contribution in [0, 0.1) is 20.8 Å². The number of aromatic nitrogens is 4. The van der Waals surface area contributed by atoms with Gasteiger partial charge >= 0.3 is 0 Å². The van der Waals surface area contributed by atoms with Gasteiger partial charge in [0.15, 0.2) is 0 Å². The number of nitrogens with one attached hydrogen (secondary N) is 1. The fraction of sp³-hybridized carbons (Fsp3) is 0.208. The summed E-state index contributed by atoms with van der Waals surface area (Å²) in [6.45, 7) is 7.14. The Bertz CT molecular complexity index is 1170. The zero-order valence-corrected chi connectivity index (χ0v) is 17.5. The molecule has 0 saturated carbocycles. The Morgan fingerprint density at radius 1 is 1.03 bits per heavy atom. The summed E-state index contributed by atoms with van der Waals surface area (Å²) < 4.78 is 3.99. The normalized spacial score (nSPS) is 10.9. The van der Waals surface area contributed by atoms with Crippen LogP contribution in [0.2, 0.25) is 0 Å². The first-order valence-electron chi connectivity index (χ1n) is 9.97. The van der Waals surface area contributed by atoms with Crippen molar-refractivity contribution in [3.63, 3.8) is 0 Å². The Morgan fingerprint density at radius 3 is 2.47 bits per heavy atom. The number of carbonyl (C=O) groups excluding carboxylic acids is 1. The number of carbonyl (C=O) groups is 1. The zero-order chi connectivity index (χ0) is 21.1. The Labute approximate surface area is 176 Å². The summed E-state index contributed by atoms with van der Waals surface area (Å²) >= 11 is 0. The molecule has 0 radical (unpaired) electrons. The Balaban J connectivity index is 1.43. The SMILES string of the molecule is Cc1cc(C)n(Cc2ccc(C(=O)NCc3ccccc3-n3ccnc3C)cc2)n1. The molecule has 1 N–H and O–H groups in total. The molecule has 2 aromatic carbocycles. The predicted octanol–water partition coefficient (Wildman–Crippen LogP) is 3.97. The van der Waals surface area contributed by atoms with Crippen LogP contribution >= 0.6 is 0 Å². The molecule has 0 aliphatic carbocycles. The van der Waals surface area contributed by atoms with Gasteiger partial charge in [-0.25, -0.2) is 4.98 Å². The summed E-state index contributed by atoms with van der Waals surface area (Å²) in [4.78, 5) is 17.0. The van der Waals surface area contributed by atoms with Gasteiger partial charge in [0, 0.05) is 30.2 Å². The number of hydrogen-bond donors (Lipinski definition) is 1. The van der Waals surface area contributed by atoms with Crippen molar-refractivity contribution in [2.75, 3.05) is 0 Å². The van der Waals surface area contributed by atoms with Gasteiger partial charge in [0.05, 0.1) is 17.9 Å². The average molecular weight is 399 g/mol. The fourth-order valence-corrected chi connectivity index (χ4v) is 3.57. The van der Waals surface area contributed by atoms with Crippen LogP contribution in [-0.2, 0) is 13.1 Å². The summed E-state index contributed by atoms with van der Waals surface area (Å²) in [5.41, 5.74) is 5.94. The van der Waals surface area contributed by atoms with E-state index in [0.29, 0.717) is 18.7 Å². The van der Waals surface area contributed by atoms with Crippen LogP contribution in [0.3, 0.4) is 0 Å². The van der Waals surface area contributed by atoms with Crippen molar-refractivity contribution < 1.29 is 4.79 Å². The summed E-state index contributed by atoms with van der Waals surface area (Å²) in [5, 5.41) is 7.52. The van der Waals surface area contributed by atoms with Gasteiger partial charge in [-0.05, 0) is 56.2 Å². The highest BCUT2D eigenvalue weighted by Crippen LogP contribution is 2.16. The van der Waals surface area contributed by atoms with Crippen molar-refractivity contribution in [2.24, 2.45) is 0 Å². The zero-order valence-electron chi connectivity index (χ0n) is 17.5. The molecule has 0 fully saturated rings. The van der Waals surface area contributed by atoms with Gasteiger partial charge in [-0.2, -0.15) is 5.10 Å². The van der Waals surface area contributed by atoms with Crippen molar-refractivity contribution in [2.45, 2.75) is 33.9 Å². The van der Waals surface area contributed by atoms with E-state index in [4.69, 9.17) is 0 Å². The number of imidazole rings is 1. The molecule has 0 spiro atoms. The van der Waals surface area contributed by atoms with Crippen LogP contribution in [0.15, 0.2) is 67.0 Å². The van der Waals surface area contributed by atoms with E-state index in [-0.39, 0.29) is 5.91 Å². The molecule has 30 heavy (non-hydrogen) atoms. The third-order valence-corrected chi connectivity index (χ3v) is 5.17. The molecule has 1 amide bonds. The molecule has 0 aliphatic rings. The summed E-state index contributed by atoms with van der Waals surface area (Å²) in [6, 6.07) is 17.8. The van der Waals surface area contributed by atoms with Gasteiger partial charge < -0.3 is 9.88 Å². The Morgan fingerprint density at radius 2 is 1.80 bits per heavy atom. The van der Waals surface area contributed by atoms with Crippen LogP contribution in [-0.4, -0.2) is 25.2 Å². The van der Waals surface area contributed by atoms with Gasteiger partial charge in [-0.3, -0.25) is 9.48 Å². The molecule has 0 bridgehead atoms. The van der Waals surface area contributed by atoms with E-state index in [9.17, 15) is 4.79 Å². The van der Waals surface area contributed by atoms with Crippen LogP contribution in [0.1, 0.15) is 38.7 Å². The largest absolute Gasteiger partial charge is 0.348 e. The van der Waals surface area contributed by atoms with E-state index in [1.807, 2.05) is 84.7 Å². The maximum atomic E-state index is 12.7. The summed E-state index contributed by atoms with van der Waals surface area (Å²) in [7, 11) is 0. The lowest BCUT2D eigenvalue weighted by Gasteiger charge is -2.13. The monoisotopic (exact) mass is 399 g/mol. The van der Waals surface area contributed by atoms with Gasteiger partial charge in [0.25, 0.3) is 5.91 Å². The lowest BCUT2D eigenvalue weighted by molar-refractivity contribution is 0.0951. The van der Waals surface area contributed by atoms with Gasteiger partial charge in [0.2, 0.25) is 0 Å². The van der Waals surface area contributed by atoms with E-state index in [1.165, 1.54) is 0 Å².